The number of methoxy groups -OCH3 is 1. The molecule has 24 heavy (non-hydrogen) atoms. The molecule has 0 aromatic heterocycles. The highest BCUT2D eigenvalue weighted by molar-refractivity contribution is 5.66. The number of carbonyl (C=O) groups is 1. The fraction of sp³-hybridized carbons (Fsp3) is 0.350. The van der Waals surface area contributed by atoms with Crippen LogP contribution in [0.1, 0.15) is 29.5 Å². The summed E-state index contributed by atoms with van der Waals surface area (Å²) in [6.07, 6.45) is 1.61. The smallest absolute Gasteiger partial charge is 0.303 e. The molecule has 0 saturated heterocycles. The summed E-state index contributed by atoms with van der Waals surface area (Å²) in [4.78, 5) is 10.9. The van der Waals surface area contributed by atoms with Gasteiger partial charge in [-0.05, 0) is 42.5 Å². The molecule has 4 nitrogen and oxygen atoms in total. The average Bonchev–Trinajstić information content (AvgIpc) is 2.58. The summed E-state index contributed by atoms with van der Waals surface area (Å²) in [5.41, 5.74) is 3.48. The van der Waals surface area contributed by atoms with Gasteiger partial charge in [0, 0.05) is 19.0 Å². The van der Waals surface area contributed by atoms with Gasteiger partial charge in [-0.15, -0.1) is 0 Å². The van der Waals surface area contributed by atoms with Crippen molar-refractivity contribution in [2.45, 2.75) is 38.8 Å². The standard InChI is InChI=1S/C20H25NO3/c1-15-12-17(8-10-19(15)24-2)14-21-18(9-11-20(22)23)13-16-6-4-3-5-7-16/h3-8,10,12,18,21H,9,11,13-14H2,1-2H3,(H,22,23). The molecule has 4 heteroatoms. The van der Waals surface area contributed by atoms with E-state index in [4.69, 9.17) is 9.84 Å². The van der Waals surface area contributed by atoms with Gasteiger partial charge in [0.25, 0.3) is 0 Å². The highest BCUT2D eigenvalue weighted by atomic mass is 16.5. The molecule has 128 valence electrons. The van der Waals surface area contributed by atoms with Gasteiger partial charge in [0.2, 0.25) is 0 Å². The summed E-state index contributed by atoms with van der Waals surface area (Å²) < 4.78 is 5.28. The minimum atomic E-state index is -0.754. The first-order valence-electron chi connectivity index (χ1n) is 8.21. The molecule has 0 aliphatic heterocycles. The van der Waals surface area contributed by atoms with Crippen molar-refractivity contribution in [1.82, 2.24) is 5.32 Å². The third kappa shape index (κ3) is 5.70. The maximum Gasteiger partial charge on any atom is 0.303 e. The lowest BCUT2D eigenvalue weighted by Gasteiger charge is -2.19. The van der Waals surface area contributed by atoms with Crippen LogP contribution in [-0.4, -0.2) is 24.2 Å². The third-order valence-electron chi connectivity index (χ3n) is 4.09. The molecular weight excluding hydrogens is 302 g/mol. The Morgan fingerprint density at radius 3 is 2.54 bits per heavy atom. The van der Waals surface area contributed by atoms with E-state index in [1.807, 2.05) is 37.3 Å². The SMILES string of the molecule is COc1ccc(CNC(CCC(=O)O)Cc2ccccc2)cc1C. The van der Waals surface area contributed by atoms with Crippen LogP contribution in [0.25, 0.3) is 0 Å². The van der Waals surface area contributed by atoms with Crippen molar-refractivity contribution in [1.29, 1.82) is 0 Å². The Hall–Kier alpha value is -2.33. The number of aryl methyl sites for hydroxylation is 1. The first-order chi connectivity index (χ1) is 11.6. The van der Waals surface area contributed by atoms with Gasteiger partial charge in [-0.25, -0.2) is 0 Å². The van der Waals surface area contributed by atoms with Crippen LogP contribution >= 0.6 is 0 Å². The predicted molar refractivity (Wildman–Crippen MR) is 95.4 cm³/mol. The van der Waals surface area contributed by atoms with Gasteiger partial charge in [0.15, 0.2) is 0 Å². The monoisotopic (exact) mass is 327 g/mol. The van der Waals surface area contributed by atoms with E-state index < -0.39 is 5.97 Å². The summed E-state index contributed by atoms with van der Waals surface area (Å²) in [6.45, 7) is 2.73. The zero-order valence-electron chi connectivity index (χ0n) is 14.3. The molecule has 0 radical (unpaired) electrons. The minimum Gasteiger partial charge on any atom is -0.496 e. The van der Waals surface area contributed by atoms with Gasteiger partial charge >= 0.3 is 5.97 Å². The number of carboxylic acids is 1. The highest BCUT2D eigenvalue weighted by Gasteiger charge is 2.12. The molecule has 0 aliphatic carbocycles. The van der Waals surface area contributed by atoms with Crippen molar-refractivity contribution in [2.24, 2.45) is 0 Å². The molecule has 2 rings (SSSR count). The second kappa shape index (κ2) is 9.08. The van der Waals surface area contributed by atoms with Gasteiger partial charge in [0.1, 0.15) is 5.75 Å². The summed E-state index contributed by atoms with van der Waals surface area (Å²) >= 11 is 0. The van der Waals surface area contributed by atoms with Gasteiger partial charge in [0.05, 0.1) is 7.11 Å². The summed E-state index contributed by atoms with van der Waals surface area (Å²) in [5, 5.41) is 12.5. The van der Waals surface area contributed by atoms with Crippen LogP contribution in [0.15, 0.2) is 48.5 Å². The fourth-order valence-electron chi connectivity index (χ4n) is 2.79. The van der Waals surface area contributed by atoms with E-state index in [2.05, 4.69) is 23.5 Å². The molecule has 0 fully saturated rings. The zero-order valence-corrected chi connectivity index (χ0v) is 14.3. The molecule has 0 amide bonds. The van der Waals surface area contributed by atoms with E-state index in [1.54, 1.807) is 7.11 Å². The normalized spacial score (nSPS) is 11.9. The van der Waals surface area contributed by atoms with Gasteiger partial charge in [-0.1, -0.05) is 42.5 Å². The van der Waals surface area contributed by atoms with E-state index in [0.29, 0.717) is 13.0 Å². The Bertz CT molecular complexity index is 655. The van der Waals surface area contributed by atoms with E-state index >= 15 is 0 Å². The largest absolute Gasteiger partial charge is 0.496 e. The number of carboxylic acid groups (broad SMARTS) is 1. The van der Waals surface area contributed by atoms with Crippen LogP contribution < -0.4 is 10.1 Å². The van der Waals surface area contributed by atoms with E-state index in [9.17, 15) is 4.79 Å². The van der Waals surface area contributed by atoms with Gasteiger partial charge in [-0.3, -0.25) is 4.79 Å². The molecule has 1 atom stereocenters. The maximum atomic E-state index is 10.9. The topological polar surface area (TPSA) is 58.6 Å². The highest BCUT2D eigenvalue weighted by Crippen LogP contribution is 2.18. The molecule has 0 aliphatic rings. The molecule has 0 heterocycles. The lowest BCUT2D eigenvalue weighted by molar-refractivity contribution is -0.137. The van der Waals surface area contributed by atoms with Crippen molar-refractivity contribution < 1.29 is 14.6 Å². The second-order valence-corrected chi connectivity index (χ2v) is 6.00. The van der Waals surface area contributed by atoms with Crippen molar-refractivity contribution in [2.75, 3.05) is 7.11 Å². The van der Waals surface area contributed by atoms with Crippen LogP contribution in [0.4, 0.5) is 0 Å². The van der Waals surface area contributed by atoms with Crippen molar-refractivity contribution in [3.8, 4) is 5.75 Å². The first-order valence-corrected chi connectivity index (χ1v) is 8.21. The van der Waals surface area contributed by atoms with Crippen molar-refractivity contribution in [3.63, 3.8) is 0 Å². The van der Waals surface area contributed by atoms with E-state index in [1.165, 1.54) is 11.1 Å². The Morgan fingerprint density at radius 2 is 1.92 bits per heavy atom. The Morgan fingerprint density at radius 1 is 1.17 bits per heavy atom. The lowest BCUT2D eigenvalue weighted by Crippen LogP contribution is -2.31. The van der Waals surface area contributed by atoms with E-state index in [-0.39, 0.29) is 12.5 Å². The number of hydrogen-bond acceptors (Lipinski definition) is 3. The van der Waals surface area contributed by atoms with Gasteiger partial charge < -0.3 is 15.2 Å². The zero-order chi connectivity index (χ0) is 17.4. The van der Waals surface area contributed by atoms with Gasteiger partial charge in [-0.2, -0.15) is 0 Å². The Balaban J connectivity index is 1.99. The number of ether oxygens (including phenoxy) is 1. The maximum absolute atomic E-state index is 10.9. The van der Waals surface area contributed by atoms with Crippen LogP contribution in [0.2, 0.25) is 0 Å². The molecule has 0 spiro atoms. The first kappa shape index (κ1) is 18.0. The number of benzene rings is 2. The molecule has 2 aromatic carbocycles. The Labute approximate surface area is 143 Å². The third-order valence-corrected chi connectivity index (χ3v) is 4.09. The number of aliphatic carboxylic acids is 1. The van der Waals surface area contributed by atoms with E-state index in [0.717, 1.165) is 17.7 Å². The summed E-state index contributed by atoms with van der Waals surface area (Å²) in [6, 6.07) is 16.4. The van der Waals surface area contributed by atoms with Crippen LogP contribution in [0, 0.1) is 6.92 Å². The van der Waals surface area contributed by atoms with Crippen LogP contribution in [0.5, 0.6) is 5.75 Å². The molecule has 1 unspecified atom stereocenters. The summed E-state index contributed by atoms with van der Waals surface area (Å²) in [5.74, 6) is 0.126. The number of rotatable bonds is 9. The van der Waals surface area contributed by atoms with Crippen LogP contribution in [-0.2, 0) is 17.8 Å². The van der Waals surface area contributed by atoms with Crippen molar-refractivity contribution >= 4 is 5.97 Å². The van der Waals surface area contributed by atoms with Crippen LogP contribution in [0.3, 0.4) is 0 Å². The Kier molecular flexibility index (Phi) is 6.82. The minimum absolute atomic E-state index is 0.130. The predicted octanol–water partition coefficient (Wildman–Crippen LogP) is 3.57. The average molecular weight is 327 g/mol. The summed E-state index contributed by atoms with van der Waals surface area (Å²) in [7, 11) is 1.67. The molecule has 0 saturated carbocycles. The quantitative estimate of drug-likeness (QED) is 0.739. The second-order valence-electron chi connectivity index (χ2n) is 6.00. The number of nitrogens with one attached hydrogen (secondary N) is 1. The molecular formula is C20H25NO3. The lowest BCUT2D eigenvalue weighted by atomic mass is 10.0. The number of hydrogen-bond donors (Lipinski definition) is 2. The molecule has 2 N–H and O–H groups in total. The fourth-order valence-corrected chi connectivity index (χ4v) is 2.79. The molecule has 0 bridgehead atoms. The molecule has 2 aromatic rings. The van der Waals surface area contributed by atoms with Crippen molar-refractivity contribution in [3.05, 3.63) is 65.2 Å².